The van der Waals surface area contributed by atoms with Crippen LogP contribution in [0.4, 0.5) is 0 Å². The van der Waals surface area contributed by atoms with Crippen LogP contribution in [0.25, 0.3) is 77.5 Å². The molecule has 5 aromatic carbocycles. The van der Waals surface area contributed by atoms with Crippen LogP contribution in [0, 0.1) is 0 Å². The van der Waals surface area contributed by atoms with E-state index in [1.54, 1.807) is 0 Å². The van der Waals surface area contributed by atoms with Gasteiger partial charge in [0.05, 0.1) is 33.1 Å². The first kappa shape index (κ1) is 29.4. The van der Waals surface area contributed by atoms with E-state index in [-0.39, 0.29) is 26.5 Å². The molecule has 0 saturated carbocycles. The summed E-state index contributed by atoms with van der Waals surface area (Å²) in [4.78, 5) is 9.93. The molecule has 4 heterocycles. The van der Waals surface area contributed by atoms with Gasteiger partial charge in [0.25, 0.3) is 0 Å². The largest absolute Gasteiger partial charge is 0.327 e. The van der Waals surface area contributed by atoms with Crippen LogP contribution >= 0.6 is 0 Å². The van der Waals surface area contributed by atoms with Crippen LogP contribution in [-0.4, -0.2) is 23.7 Å². The molecular formula is C41H33N5Pt. The zero-order chi connectivity index (χ0) is 31.2. The first-order chi connectivity index (χ1) is 22.4. The van der Waals surface area contributed by atoms with Gasteiger partial charge in [-0.1, -0.05) is 87.5 Å². The Hall–Kier alpha value is -4.99. The fourth-order valence-corrected chi connectivity index (χ4v) is 7.14. The van der Waals surface area contributed by atoms with Gasteiger partial charge in [-0.3, -0.25) is 4.57 Å². The van der Waals surface area contributed by atoms with Crippen molar-refractivity contribution in [2.24, 2.45) is 7.05 Å². The minimum absolute atomic E-state index is 0. The molecule has 0 radical (unpaired) electrons. The van der Waals surface area contributed by atoms with Crippen molar-refractivity contribution in [3.05, 3.63) is 133 Å². The maximum absolute atomic E-state index is 5.02. The van der Waals surface area contributed by atoms with Gasteiger partial charge in [0, 0.05) is 67.1 Å². The molecule has 9 rings (SSSR count). The molecule has 4 aromatic heterocycles. The van der Waals surface area contributed by atoms with Crippen molar-refractivity contribution in [3.8, 4) is 22.9 Å². The van der Waals surface area contributed by atoms with Gasteiger partial charge in [0.2, 0.25) is 0 Å². The van der Waals surface area contributed by atoms with Crippen LogP contribution in [0.5, 0.6) is 0 Å². The second-order valence-corrected chi connectivity index (χ2v) is 13.3. The third kappa shape index (κ3) is 4.48. The van der Waals surface area contributed by atoms with Crippen molar-refractivity contribution >= 4 is 54.6 Å². The molecule has 0 aliphatic carbocycles. The molecule has 5 nitrogen and oxygen atoms in total. The number of rotatable bonds is 3. The number of para-hydroxylation sites is 4. The zero-order valence-corrected chi connectivity index (χ0v) is 28.9. The molecule has 47 heavy (non-hydrogen) atoms. The van der Waals surface area contributed by atoms with Crippen molar-refractivity contribution in [2.45, 2.75) is 26.2 Å². The number of nitrogens with zero attached hydrogens (tertiary/aromatic N) is 5. The molecule has 0 saturated heterocycles. The number of aromatic nitrogens is 5. The average molecular weight is 791 g/mol. The minimum Gasteiger partial charge on any atom is -0.327 e. The van der Waals surface area contributed by atoms with E-state index in [0.29, 0.717) is 0 Å². The van der Waals surface area contributed by atoms with Gasteiger partial charge in [0.1, 0.15) is 11.6 Å². The molecular weight excluding hydrogens is 758 g/mol. The Bertz CT molecular complexity index is 2650. The summed E-state index contributed by atoms with van der Waals surface area (Å²) in [6.07, 6.45) is 1.94. The summed E-state index contributed by atoms with van der Waals surface area (Å²) in [7, 11) is 2.10. The van der Waals surface area contributed by atoms with Gasteiger partial charge in [-0.15, -0.1) is 0 Å². The summed E-state index contributed by atoms with van der Waals surface area (Å²) in [5.74, 6) is 1.89. The number of hydrogen-bond acceptors (Lipinski definition) is 2. The Morgan fingerprint density at radius 1 is 0.553 bits per heavy atom. The monoisotopic (exact) mass is 790 g/mol. The third-order valence-electron chi connectivity index (χ3n) is 9.48. The van der Waals surface area contributed by atoms with Crippen LogP contribution < -0.4 is 0 Å². The topological polar surface area (TPSA) is 40.6 Å². The van der Waals surface area contributed by atoms with Crippen LogP contribution in [0.15, 0.2) is 128 Å². The smallest absolute Gasteiger partial charge is 0.140 e. The first-order valence-corrected chi connectivity index (χ1v) is 15.8. The van der Waals surface area contributed by atoms with Crippen molar-refractivity contribution in [3.63, 3.8) is 0 Å². The molecule has 0 spiro atoms. The van der Waals surface area contributed by atoms with Crippen molar-refractivity contribution in [1.82, 2.24) is 23.7 Å². The molecule has 0 N–H and O–H groups in total. The first-order valence-electron chi connectivity index (χ1n) is 15.8. The summed E-state index contributed by atoms with van der Waals surface area (Å²) in [6, 6.07) is 43.6. The number of benzene rings is 5. The number of fused-ring (bicyclic) bond motifs is 7. The molecule has 0 unspecified atom stereocenters. The van der Waals surface area contributed by atoms with E-state index in [9.17, 15) is 0 Å². The zero-order valence-electron chi connectivity index (χ0n) is 26.7. The van der Waals surface area contributed by atoms with Gasteiger partial charge in [0.15, 0.2) is 0 Å². The average Bonchev–Trinajstić information content (AvgIpc) is 3.71. The number of hydrogen-bond donors (Lipinski definition) is 0. The van der Waals surface area contributed by atoms with E-state index in [1.807, 2.05) is 12.3 Å². The Kier molecular flexibility index (Phi) is 6.75. The van der Waals surface area contributed by atoms with E-state index in [2.05, 4.69) is 157 Å². The maximum Gasteiger partial charge on any atom is 0.140 e. The van der Waals surface area contributed by atoms with Crippen LogP contribution in [-0.2, 0) is 33.5 Å². The van der Waals surface area contributed by atoms with Gasteiger partial charge in [-0.05, 0) is 65.6 Å². The number of aryl methyl sites for hydroxylation is 1. The maximum atomic E-state index is 5.02. The summed E-state index contributed by atoms with van der Waals surface area (Å²) in [5.41, 5.74) is 10.2. The molecule has 0 bridgehead atoms. The predicted octanol–water partition coefficient (Wildman–Crippen LogP) is 10.1. The van der Waals surface area contributed by atoms with Crippen molar-refractivity contribution in [2.75, 3.05) is 0 Å². The Morgan fingerprint density at radius 3 is 1.85 bits per heavy atom. The Balaban J connectivity index is 0.00000324. The second-order valence-electron chi connectivity index (χ2n) is 13.3. The summed E-state index contributed by atoms with van der Waals surface area (Å²) in [5, 5.41) is 4.88. The molecule has 0 fully saturated rings. The van der Waals surface area contributed by atoms with E-state index >= 15 is 0 Å². The van der Waals surface area contributed by atoms with Gasteiger partial charge in [-0.25, -0.2) is 9.97 Å². The predicted molar refractivity (Wildman–Crippen MR) is 191 cm³/mol. The number of imidazole rings is 1. The molecule has 0 aliphatic rings. The fourth-order valence-electron chi connectivity index (χ4n) is 7.14. The van der Waals surface area contributed by atoms with Crippen molar-refractivity contribution in [1.29, 1.82) is 0 Å². The van der Waals surface area contributed by atoms with Gasteiger partial charge in [-0.2, -0.15) is 0 Å². The minimum atomic E-state index is 0. The van der Waals surface area contributed by atoms with E-state index in [1.165, 1.54) is 32.6 Å². The fraction of sp³-hybridized carbons (Fsp3) is 0.122. The van der Waals surface area contributed by atoms with E-state index in [0.717, 1.165) is 50.5 Å². The van der Waals surface area contributed by atoms with E-state index < -0.39 is 0 Å². The molecule has 0 atom stereocenters. The second kappa shape index (κ2) is 10.8. The summed E-state index contributed by atoms with van der Waals surface area (Å²) >= 11 is 0. The normalized spacial score (nSPS) is 12.1. The third-order valence-corrected chi connectivity index (χ3v) is 9.48. The SMILES string of the molecule is Cn1c(-c2ccc3c4ccccc4n(-c4ccc5c6ccccc6n(-c6cc(C(C)(C)C)ccn6)c5c4)c3c2)nc2ccccc21.[Pt]. The standard InChI is InChI=1S/C41H33N5.Pt/c1-41(2,3)27-21-22-42-39(24-27)46-35-15-9-6-12-30(35)32-20-18-28(25-38(32)46)45-34-14-8-5-11-29(34)31-19-17-26(23-37(31)45)40-43-33-13-7-10-16-36(33)44(40)4;/h5-25H,1-4H3;. The summed E-state index contributed by atoms with van der Waals surface area (Å²) in [6.45, 7) is 6.75. The molecule has 0 aliphatic heterocycles. The quantitative estimate of drug-likeness (QED) is 0.179. The Morgan fingerprint density at radius 2 is 1.15 bits per heavy atom. The van der Waals surface area contributed by atoms with Crippen LogP contribution in [0.1, 0.15) is 26.3 Å². The van der Waals surface area contributed by atoms with Gasteiger partial charge >= 0.3 is 0 Å². The molecule has 0 amide bonds. The molecule has 6 heteroatoms. The Labute approximate surface area is 287 Å². The van der Waals surface area contributed by atoms with Crippen LogP contribution in [0.2, 0.25) is 0 Å². The van der Waals surface area contributed by atoms with Crippen molar-refractivity contribution < 1.29 is 21.1 Å². The number of pyridine rings is 1. The van der Waals surface area contributed by atoms with E-state index in [4.69, 9.17) is 9.97 Å². The molecule has 9 aromatic rings. The summed E-state index contributed by atoms with van der Waals surface area (Å²) < 4.78 is 6.91. The molecule has 232 valence electrons. The van der Waals surface area contributed by atoms with Crippen LogP contribution in [0.3, 0.4) is 0 Å². The van der Waals surface area contributed by atoms with Gasteiger partial charge < -0.3 is 9.13 Å².